The molecule has 0 saturated heterocycles. The average Bonchev–Trinajstić information content (AvgIpc) is 2.41. The number of pyridine rings is 1. The van der Waals surface area contributed by atoms with Gasteiger partial charge >= 0.3 is 0 Å². The molecule has 2 rings (SSSR count). The molecule has 0 unspecified atom stereocenters. The number of aromatic nitrogens is 1. The standard InChI is InChI=1S/C15H17N3S/c1-11-5-2-3-6-12(11)9-10-17-14-8-4-7-13(18-14)15(16)19/h2-8H,9-10H2,1H3,(H2,16,19)(H,17,18). The highest BCUT2D eigenvalue weighted by Crippen LogP contribution is 2.09. The first-order valence-electron chi connectivity index (χ1n) is 6.22. The van der Waals surface area contributed by atoms with Gasteiger partial charge < -0.3 is 11.1 Å². The molecule has 3 N–H and O–H groups in total. The van der Waals surface area contributed by atoms with E-state index in [-0.39, 0.29) is 0 Å². The van der Waals surface area contributed by atoms with Gasteiger partial charge in [0.25, 0.3) is 0 Å². The summed E-state index contributed by atoms with van der Waals surface area (Å²) < 4.78 is 0. The number of hydrogen-bond acceptors (Lipinski definition) is 3. The molecule has 0 spiro atoms. The van der Waals surface area contributed by atoms with Crippen molar-refractivity contribution in [1.82, 2.24) is 4.98 Å². The lowest BCUT2D eigenvalue weighted by molar-refractivity contribution is 0.993. The Hall–Kier alpha value is -1.94. The van der Waals surface area contributed by atoms with Crippen LogP contribution in [0.3, 0.4) is 0 Å². The van der Waals surface area contributed by atoms with E-state index in [1.54, 1.807) is 0 Å². The summed E-state index contributed by atoms with van der Waals surface area (Å²) >= 11 is 4.92. The highest BCUT2D eigenvalue weighted by molar-refractivity contribution is 7.80. The zero-order valence-corrected chi connectivity index (χ0v) is 11.7. The number of nitrogens with one attached hydrogen (secondary N) is 1. The first-order chi connectivity index (χ1) is 9.16. The second-order valence-corrected chi connectivity index (χ2v) is 4.82. The quantitative estimate of drug-likeness (QED) is 0.821. The van der Waals surface area contributed by atoms with Crippen LogP contribution in [-0.4, -0.2) is 16.5 Å². The van der Waals surface area contributed by atoms with Gasteiger partial charge in [-0.3, -0.25) is 0 Å². The molecule has 0 saturated carbocycles. The van der Waals surface area contributed by atoms with Crippen LogP contribution in [0.2, 0.25) is 0 Å². The molecule has 2 aromatic rings. The van der Waals surface area contributed by atoms with Gasteiger partial charge in [-0.2, -0.15) is 0 Å². The maximum absolute atomic E-state index is 5.56. The van der Waals surface area contributed by atoms with E-state index in [1.807, 2.05) is 18.2 Å². The molecule has 1 aromatic heterocycles. The summed E-state index contributed by atoms with van der Waals surface area (Å²) in [6.45, 7) is 2.96. The van der Waals surface area contributed by atoms with Gasteiger partial charge in [0.05, 0.1) is 5.69 Å². The van der Waals surface area contributed by atoms with E-state index < -0.39 is 0 Å². The molecule has 0 aliphatic heterocycles. The van der Waals surface area contributed by atoms with Gasteiger partial charge in [0, 0.05) is 6.54 Å². The fourth-order valence-electron chi connectivity index (χ4n) is 1.89. The lowest BCUT2D eigenvalue weighted by Gasteiger charge is -2.08. The van der Waals surface area contributed by atoms with E-state index in [0.29, 0.717) is 10.7 Å². The fourth-order valence-corrected chi connectivity index (χ4v) is 2.00. The monoisotopic (exact) mass is 271 g/mol. The van der Waals surface area contributed by atoms with Gasteiger partial charge in [0.15, 0.2) is 0 Å². The third-order valence-electron chi connectivity index (χ3n) is 2.96. The van der Waals surface area contributed by atoms with E-state index in [2.05, 4.69) is 41.5 Å². The molecule has 3 nitrogen and oxygen atoms in total. The molecule has 0 radical (unpaired) electrons. The van der Waals surface area contributed by atoms with Crippen LogP contribution in [-0.2, 0) is 6.42 Å². The zero-order valence-electron chi connectivity index (χ0n) is 10.9. The number of thiocarbonyl (C=S) groups is 1. The molecule has 0 fully saturated rings. The summed E-state index contributed by atoms with van der Waals surface area (Å²) in [4.78, 5) is 4.67. The van der Waals surface area contributed by atoms with Crippen LogP contribution in [0.1, 0.15) is 16.8 Å². The summed E-state index contributed by atoms with van der Waals surface area (Å²) in [6, 6.07) is 14.0. The molecule has 0 aliphatic rings. The molecule has 0 aliphatic carbocycles. The maximum atomic E-state index is 5.56. The third kappa shape index (κ3) is 3.76. The Bertz CT molecular complexity index is 581. The molecule has 0 amide bonds. The van der Waals surface area contributed by atoms with Gasteiger partial charge in [0.1, 0.15) is 10.8 Å². The van der Waals surface area contributed by atoms with Crippen molar-refractivity contribution in [3.05, 3.63) is 59.3 Å². The fraction of sp³-hybridized carbons (Fsp3) is 0.200. The Morgan fingerprint density at radius 2 is 2.00 bits per heavy atom. The van der Waals surface area contributed by atoms with Crippen LogP contribution in [0.4, 0.5) is 5.82 Å². The molecule has 1 heterocycles. The predicted molar refractivity (Wildman–Crippen MR) is 83.5 cm³/mol. The van der Waals surface area contributed by atoms with Crippen molar-refractivity contribution in [2.24, 2.45) is 5.73 Å². The van der Waals surface area contributed by atoms with Crippen molar-refractivity contribution in [2.45, 2.75) is 13.3 Å². The van der Waals surface area contributed by atoms with Crippen molar-refractivity contribution in [1.29, 1.82) is 0 Å². The van der Waals surface area contributed by atoms with Gasteiger partial charge in [0.2, 0.25) is 0 Å². The van der Waals surface area contributed by atoms with E-state index in [4.69, 9.17) is 18.0 Å². The Morgan fingerprint density at radius 3 is 2.74 bits per heavy atom. The second kappa shape index (κ2) is 6.29. The normalized spacial score (nSPS) is 10.2. The number of nitrogens with zero attached hydrogens (tertiary/aromatic N) is 1. The molecular formula is C15H17N3S. The van der Waals surface area contributed by atoms with Gasteiger partial charge in [-0.15, -0.1) is 0 Å². The van der Waals surface area contributed by atoms with Crippen molar-refractivity contribution in [3.63, 3.8) is 0 Å². The van der Waals surface area contributed by atoms with Gasteiger partial charge in [-0.1, -0.05) is 42.5 Å². The molecular weight excluding hydrogens is 254 g/mol. The summed E-state index contributed by atoms with van der Waals surface area (Å²) in [7, 11) is 0. The minimum atomic E-state index is 0.322. The lowest BCUT2D eigenvalue weighted by Crippen LogP contribution is -2.13. The molecule has 0 atom stereocenters. The van der Waals surface area contributed by atoms with Crippen molar-refractivity contribution >= 4 is 23.0 Å². The Balaban J connectivity index is 1.94. The number of aryl methyl sites for hydroxylation is 1. The average molecular weight is 271 g/mol. The van der Waals surface area contributed by atoms with Gasteiger partial charge in [-0.05, 0) is 36.6 Å². The van der Waals surface area contributed by atoms with Gasteiger partial charge in [-0.25, -0.2) is 4.98 Å². The lowest BCUT2D eigenvalue weighted by atomic mass is 10.1. The third-order valence-corrected chi connectivity index (χ3v) is 3.17. The second-order valence-electron chi connectivity index (χ2n) is 4.38. The number of rotatable bonds is 5. The van der Waals surface area contributed by atoms with E-state index in [9.17, 15) is 0 Å². The molecule has 19 heavy (non-hydrogen) atoms. The summed E-state index contributed by atoms with van der Waals surface area (Å²) in [5, 5.41) is 3.29. The first kappa shape index (κ1) is 13.5. The van der Waals surface area contributed by atoms with E-state index >= 15 is 0 Å². The van der Waals surface area contributed by atoms with Crippen LogP contribution in [0.25, 0.3) is 0 Å². The molecule has 1 aromatic carbocycles. The van der Waals surface area contributed by atoms with E-state index in [0.717, 1.165) is 18.8 Å². The largest absolute Gasteiger partial charge is 0.388 e. The summed E-state index contributed by atoms with van der Waals surface area (Å²) in [5.41, 5.74) is 8.87. The van der Waals surface area contributed by atoms with Crippen LogP contribution >= 0.6 is 12.2 Å². The topological polar surface area (TPSA) is 50.9 Å². The SMILES string of the molecule is Cc1ccccc1CCNc1cccc(C(N)=S)n1. The van der Waals surface area contributed by atoms with Crippen LogP contribution < -0.4 is 11.1 Å². The molecule has 4 heteroatoms. The highest BCUT2D eigenvalue weighted by Gasteiger charge is 2.01. The van der Waals surface area contributed by atoms with Crippen LogP contribution in [0, 0.1) is 6.92 Å². The van der Waals surface area contributed by atoms with Crippen molar-refractivity contribution in [3.8, 4) is 0 Å². The molecule has 0 bridgehead atoms. The van der Waals surface area contributed by atoms with Crippen LogP contribution in [0.5, 0.6) is 0 Å². The number of hydrogen-bond donors (Lipinski definition) is 2. The summed E-state index contributed by atoms with van der Waals surface area (Å²) in [5.74, 6) is 0.805. The minimum Gasteiger partial charge on any atom is -0.388 e. The minimum absolute atomic E-state index is 0.322. The number of benzene rings is 1. The smallest absolute Gasteiger partial charge is 0.126 e. The van der Waals surface area contributed by atoms with Crippen molar-refractivity contribution < 1.29 is 0 Å². The Morgan fingerprint density at radius 1 is 1.21 bits per heavy atom. The zero-order chi connectivity index (χ0) is 13.7. The highest BCUT2D eigenvalue weighted by atomic mass is 32.1. The maximum Gasteiger partial charge on any atom is 0.126 e. The Kier molecular flexibility index (Phi) is 4.47. The number of anilines is 1. The molecule has 98 valence electrons. The van der Waals surface area contributed by atoms with E-state index in [1.165, 1.54) is 11.1 Å². The summed E-state index contributed by atoms with van der Waals surface area (Å²) in [6.07, 6.45) is 0.964. The number of nitrogens with two attached hydrogens (primary N) is 1. The predicted octanol–water partition coefficient (Wildman–Crippen LogP) is 2.68. The van der Waals surface area contributed by atoms with Crippen molar-refractivity contribution in [2.75, 3.05) is 11.9 Å². The Labute approximate surface area is 118 Å². The first-order valence-corrected chi connectivity index (χ1v) is 6.63. The van der Waals surface area contributed by atoms with Crippen LogP contribution in [0.15, 0.2) is 42.5 Å².